The fourth-order valence-corrected chi connectivity index (χ4v) is 2.80. The van der Waals surface area contributed by atoms with Crippen LogP contribution in [0.25, 0.3) is 10.8 Å². The van der Waals surface area contributed by atoms with Crippen LogP contribution in [0, 0.1) is 6.92 Å². The summed E-state index contributed by atoms with van der Waals surface area (Å²) in [5, 5.41) is 3.04. The van der Waals surface area contributed by atoms with Crippen LogP contribution in [0.2, 0.25) is 0 Å². The Balaban J connectivity index is 2.73. The van der Waals surface area contributed by atoms with E-state index < -0.39 is 5.91 Å². The molecule has 0 saturated carbocycles. The third-order valence-corrected chi connectivity index (χ3v) is 4.38. The Bertz CT molecular complexity index is 958. The van der Waals surface area contributed by atoms with Crippen LogP contribution in [0.3, 0.4) is 0 Å². The van der Waals surface area contributed by atoms with E-state index >= 15 is 0 Å². The van der Waals surface area contributed by atoms with Gasteiger partial charge in [-0.15, -0.1) is 0 Å². The van der Waals surface area contributed by atoms with Crippen LogP contribution in [-0.2, 0) is 18.9 Å². The second-order valence-electron chi connectivity index (χ2n) is 5.75. The van der Waals surface area contributed by atoms with Gasteiger partial charge in [-0.1, -0.05) is 0 Å². The number of rotatable bonds is 5. The first-order valence-electron chi connectivity index (χ1n) is 8.02. The number of hydrogen-bond acceptors (Lipinski definition) is 4. The van der Waals surface area contributed by atoms with Crippen LogP contribution in [0.1, 0.15) is 29.8 Å². The molecule has 0 unspecified atom stereocenters. The monoisotopic (exact) mass is 346 g/mol. The minimum atomic E-state index is -0.390. The van der Waals surface area contributed by atoms with Gasteiger partial charge in [-0.2, -0.15) is 0 Å². The van der Waals surface area contributed by atoms with Gasteiger partial charge in [0.05, 0.1) is 10.8 Å². The number of nitrogens with zero attached hydrogens (tertiary/aromatic N) is 4. The summed E-state index contributed by atoms with van der Waals surface area (Å²) in [7, 11) is 3.01. The molecule has 0 atom stereocenters. The summed E-state index contributed by atoms with van der Waals surface area (Å²) >= 11 is 0. The molecule has 0 aliphatic rings. The van der Waals surface area contributed by atoms with Crippen molar-refractivity contribution in [2.45, 2.75) is 20.8 Å². The van der Waals surface area contributed by atoms with Gasteiger partial charge in [-0.3, -0.25) is 33.6 Å². The maximum absolute atomic E-state index is 12.9. The fourth-order valence-electron chi connectivity index (χ4n) is 2.80. The summed E-state index contributed by atoms with van der Waals surface area (Å²) in [5.41, 5.74) is 0.190. The standard InChI is InChI=1S/C17H22N4O4/c1-6-20(10-22)21(7-2)17(25)12-9-14-13(8-11(12)3)15(23)18(4)19(5)16(14)24/h8-10H,6-7H2,1-5H3. The third kappa shape index (κ3) is 2.95. The second kappa shape index (κ2) is 6.92. The molecule has 0 fully saturated rings. The van der Waals surface area contributed by atoms with E-state index in [0.29, 0.717) is 30.6 Å². The lowest BCUT2D eigenvalue weighted by Gasteiger charge is -2.30. The molecule has 2 amide bonds. The van der Waals surface area contributed by atoms with Crippen LogP contribution >= 0.6 is 0 Å². The molecule has 0 bridgehead atoms. The summed E-state index contributed by atoms with van der Waals surface area (Å²) in [5.74, 6) is -0.390. The van der Waals surface area contributed by atoms with Crippen molar-refractivity contribution in [3.8, 4) is 0 Å². The highest BCUT2D eigenvalue weighted by Crippen LogP contribution is 2.17. The van der Waals surface area contributed by atoms with Gasteiger partial charge in [0.2, 0.25) is 6.41 Å². The summed E-state index contributed by atoms with van der Waals surface area (Å²) in [6, 6.07) is 3.00. The van der Waals surface area contributed by atoms with Gasteiger partial charge in [0.15, 0.2) is 0 Å². The molecule has 134 valence electrons. The van der Waals surface area contributed by atoms with Crippen molar-refractivity contribution in [1.29, 1.82) is 0 Å². The Morgan fingerprint density at radius 1 is 1.04 bits per heavy atom. The van der Waals surface area contributed by atoms with Crippen molar-refractivity contribution >= 4 is 23.1 Å². The number of carbonyl (C=O) groups excluding carboxylic acids is 2. The summed E-state index contributed by atoms with van der Waals surface area (Å²) < 4.78 is 2.44. The highest BCUT2D eigenvalue weighted by atomic mass is 16.2. The van der Waals surface area contributed by atoms with E-state index in [1.165, 1.54) is 39.5 Å². The second-order valence-corrected chi connectivity index (χ2v) is 5.75. The molecule has 1 aromatic heterocycles. The topological polar surface area (TPSA) is 84.6 Å². The fraction of sp³-hybridized carbons (Fsp3) is 0.412. The van der Waals surface area contributed by atoms with Gasteiger partial charge in [-0.05, 0) is 38.5 Å². The number of aryl methyl sites for hydroxylation is 1. The van der Waals surface area contributed by atoms with Gasteiger partial charge < -0.3 is 0 Å². The van der Waals surface area contributed by atoms with E-state index in [0.717, 1.165) is 0 Å². The zero-order valence-corrected chi connectivity index (χ0v) is 15.1. The van der Waals surface area contributed by atoms with Gasteiger partial charge in [0.1, 0.15) is 0 Å². The molecule has 0 radical (unpaired) electrons. The average molecular weight is 346 g/mol. The minimum absolute atomic E-state index is 0.185. The maximum atomic E-state index is 12.9. The maximum Gasteiger partial charge on any atom is 0.273 e. The number of fused-ring (bicyclic) bond motifs is 1. The summed E-state index contributed by atoms with van der Waals surface area (Å²) in [4.78, 5) is 48.9. The van der Waals surface area contributed by atoms with Crippen LogP contribution in [0.5, 0.6) is 0 Å². The Morgan fingerprint density at radius 3 is 2.00 bits per heavy atom. The number of hydrazine groups is 1. The zero-order valence-electron chi connectivity index (χ0n) is 15.1. The van der Waals surface area contributed by atoms with Gasteiger partial charge in [0.25, 0.3) is 17.0 Å². The molecule has 8 nitrogen and oxygen atoms in total. The van der Waals surface area contributed by atoms with Crippen molar-refractivity contribution in [3.63, 3.8) is 0 Å². The average Bonchev–Trinajstić information content (AvgIpc) is 2.61. The molecule has 2 aromatic rings. The molecule has 0 spiro atoms. The molecule has 1 heterocycles. The first-order chi connectivity index (χ1) is 11.8. The van der Waals surface area contributed by atoms with E-state index in [-0.39, 0.29) is 21.9 Å². The lowest BCUT2D eigenvalue weighted by molar-refractivity contribution is -0.129. The van der Waals surface area contributed by atoms with E-state index in [4.69, 9.17) is 0 Å². The molecule has 0 aliphatic heterocycles. The molecule has 0 aliphatic carbocycles. The first-order valence-corrected chi connectivity index (χ1v) is 8.02. The Labute approximate surface area is 144 Å². The Morgan fingerprint density at radius 2 is 1.56 bits per heavy atom. The number of amides is 2. The van der Waals surface area contributed by atoms with Crippen molar-refractivity contribution in [2.75, 3.05) is 13.1 Å². The predicted octanol–water partition coefficient (Wildman–Crippen LogP) is 0.401. The third-order valence-electron chi connectivity index (χ3n) is 4.38. The number of aromatic nitrogens is 2. The molecule has 2 rings (SSSR count). The highest BCUT2D eigenvalue weighted by Gasteiger charge is 2.22. The summed E-state index contributed by atoms with van der Waals surface area (Å²) in [6.07, 6.45) is 0.590. The minimum Gasteiger partial charge on any atom is -0.277 e. The van der Waals surface area contributed by atoms with Crippen molar-refractivity contribution in [3.05, 3.63) is 44.0 Å². The molecule has 0 N–H and O–H groups in total. The van der Waals surface area contributed by atoms with Crippen LogP contribution in [0.4, 0.5) is 0 Å². The van der Waals surface area contributed by atoms with E-state index in [1.54, 1.807) is 26.8 Å². The lowest BCUT2D eigenvalue weighted by atomic mass is 10.0. The summed E-state index contributed by atoms with van der Waals surface area (Å²) in [6.45, 7) is 5.87. The van der Waals surface area contributed by atoms with E-state index in [2.05, 4.69) is 0 Å². The van der Waals surface area contributed by atoms with Crippen LogP contribution in [-0.4, -0.2) is 44.8 Å². The molecule has 1 aromatic carbocycles. The van der Waals surface area contributed by atoms with Crippen molar-refractivity contribution in [2.24, 2.45) is 14.1 Å². The normalized spacial score (nSPS) is 10.8. The van der Waals surface area contributed by atoms with E-state index in [1.807, 2.05) is 0 Å². The number of hydrogen-bond donors (Lipinski definition) is 0. The molecule has 25 heavy (non-hydrogen) atoms. The van der Waals surface area contributed by atoms with Gasteiger partial charge >= 0.3 is 0 Å². The van der Waals surface area contributed by atoms with E-state index in [9.17, 15) is 19.2 Å². The lowest BCUT2D eigenvalue weighted by Crippen LogP contribution is -2.45. The first kappa shape index (κ1) is 18.4. The zero-order chi connectivity index (χ0) is 18.9. The van der Waals surface area contributed by atoms with Crippen molar-refractivity contribution in [1.82, 2.24) is 19.4 Å². The smallest absolute Gasteiger partial charge is 0.273 e. The number of carbonyl (C=O) groups is 2. The quantitative estimate of drug-likeness (QED) is 0.579. The molecule has 0 saturated heterocycles. The van der Waals surface area contributed by atoms with Gasteiger partial charge in [0, 0.05) is 32.7 Å². The molecular formula is C17H22N4O4. The Kier molecular flexibility index (Phi) is 5.10. The highest BCUT2D eigenvalue weighted by molar-refractivity contribution is 6.00. The number of benzene rings is 1. The Hall–Kier alpha value is -2.90. The predicted molar refractivity (Wildman–Crippen MR) is 94.3 cm³/mol. The largest absolute Gasteiger partial charge is 0.277 e. The SMILES string of the molecule is CCN(C=O)N(CC)C(=O)c1cc2c(=O)n(C)n(C)c(=O)c2cc1C. The van der Waals surface area contributed by atoms with Crippen LogP contribution < -0.4 is 11.1 Å². The van der Waals surface area contributed by atoms with Crippen molar-refractivity contribution < 1.29 is 9.59 Å². The molecule has 8 heteroatoms. The van der Waals surface area contributed by atoms with Gasteiger partial charge in [-0.25, -0.2) is 5.01 Å². The van der Waals surface area contributed by atoms with Crippen LogP contribution in [0.15, 0.2) is 21.7 Å². The molecular weight excluding hydrogens is 324 g/mol.